The lowest BCUT2D eigenvalue weighted by molar-refractivity contribution is 0.536. The van der Waals surface area contributed by atoms with Crippen molar-refractivity contribution in [2.24, 2.45) is 0 Å². The number of aryl methyl sites for hydroxylation is 3. The van der Waals surface area contributed by atoms with Crippen LogP contribution in [0.1, 0.15) is 5.56 Å². The third kappa shape index (κ3) is 2.09. The van der Waals surface area contributed by atoms with Gasteiger partial charge in [0.25, 0.3) is 0 Å². The first-order valence-electron chi connectivity index (χ1n) is 5.87. The van der Waals surface area contributed by atoms with E-state index in [-0.39, 0.29) is 0 Å². The maximum Gasteiger partial charge on any atom is 0.150 e. The van der Waals surface area contributed by atoms with Crippen molar-refractivity contribution >= 4 is 11.3 Å². The van der Waals surface area contributed by atoms with E-state index in [1.165, 1.54) is 10.4 Å². The molecule has 0 radical (unpaired) electrons. The molecule has 0 unspecified atom stereocenters. The Balaban J connectivity index is 1.82. The van der Waals surface area contributed by atoms with Crippen molar-refractivity contribution in [3.8, 4) is 10.7 Å². The first-order chi connectivity index (χ1) is 8.84. The summed E-state index contributed by atoms with van der Waals surface area (Å²) >= 11 is 1.74. The molecule has 92 valence electrons. The van der Waals surface area contributed by atoms with Crippen LogP contribution in [0.15, 0.2) is 42.3 Å². The molecule has 3 rings (SSSR count). The number of thiophene rings is 1. The summed E-state index contributed by atoms with van der Waals surface area (Å²) in [5, 5.41) is 6.32. The lowest BCUT2D eigenvalue weighted by Crippen LogP contribution is -2.08. The Bertz CT molecular complexity index is 621. The zero-order valence-electron chi connectivity index (χ0n) is 10.2. The van der Waals surface area contributed by atoms with Crippen LogP contribution in [0.2, 0.25) is 0 Å². The van der Waals surface area contributed by atoms with Gasteiger partial charge in [0, 0.05) is 31.3 Å². The van der Waals surface area contributed by atoms with E-state index < -0.39 is 0 Å². The van der Waals surface area contributed by atoms with Gasteiger partial charge in [-0.1, -0.05) is 0 Å². The third-order valence-electron chi connectivity index (χ3n) is 2.91. The molecule has 3 heterocycles. The van der Waals surface area contributed by atoms with Crippen LogP contribution in [0.4, 0.5) is 0 Å². The standard InChI is InChI=1S/C13H14N4S/c1-11-3-10-18-12(11)13-14-5-7-16(13)8-9-17-6-2-4-15-17/h2-7,10H,8-9H2,1H3. The van der Waals surface area contributed by atoms with E-state index in [1.54, 1.807) is 17.5 Å². The van der Waals surface area contributed by atoms with Crippen molar-refractivity contribution in [2.75, 3.05) is 0 Å². The molecule has 0 aliphatic carbocycles. The Morgan fingerprint density at radius 3 is 2.89 bits per heavy atom. The third-order valence-corrected chi connectivity index (χ3v) is 3.92. The van der Waals surface area contributed by atoms with Gasteiger partial charge in [-0.25, -0.2) is 4.98 Å². The van der Waals surface area contributed by atoms with E-state index in [9.17, 15) is 0 Å². The summed E-state index contributed by atoms with van der Waals surface area (Å²) in [6, 6.07) is 4.07. The largest absolute Gasteiger partial charge is 0.328 e. The fourth-order valence-corrected chi connectivity index (χ4v) is 2.88. The Morgan fingerprint density at radius 1 is 1.22 bits per heavy atom. The zero-order valence-corrected chi connectivity index (χ0v) is 11.0. The quantitative estimate of drug-likeness (QED) is 0.721. The van der Waals surface area contributed by atoms with Gasteiger partial charge in [-0.15, -0.1) is 11.3 Å². The highest BCUT2D eigenvalue weighted by atomic mass is 32.1. The molecule has 3 aromatic rings. The number of hydrogen-bond acceptors (Lipinski definition) is 3. The fraction of sp³-hybridized carbons (Fsp3) is 0.231. The molecule has 0 bridgehead atoms. The second-order valence-corrected chi connectivity index (χ2v) is 5.06. The first-order valence-corrected chi connectivity index (χ1v) is 6.75. The molecular formula is C13H14N4S. The normalized spacial score (nSPS) is 10.9. The summed E-state index contributed by atoms with van der Waals surface area (Å²) in [5.74, 6) is 1.05. The van der Waals surface area contributed by atoms with Gasteiger partial charge in [-0.05, 0) is 30.0 Å². The molecule has 3 aromatic heterocycles. The predicted molar refractivity (Wildman–Crippen MR) is 72.5 cm³/mol. The summed E-state index contributed by atoms with van der Waals surface area (Å²) < 4.78 is 4.12. The lowest BCUT2D eigenvalue weighted by Gasteiger charge is -2.07. The summed E-state index contributed by atoms with van der Waals surface area (Å²) in [7, 11) is 0. The van der Waals surface area contributed by atoms with Crippen LogP contribution < -0.4 is 0 Å². The van der Waals surface area contributed by atoms with Crippen molar-refractivity contribution in [1.29, 1.82) is 0 Å². The molecular weight excluding hydrogens is 244 g/mol. The smallest absolute Gasteiger partial charge is 0.150 e. The second kappa shape index (κ2) is 4.78. The van der Waals surface area contributed by atoms with Crippen LogP contribution in [-0.4, -0.2) is 19.3 Å². The molecule has 0 aliphatic rings. The van der Waals surface area contributed by atoms with Crippen LogP contribution in [-0.2, 0) is 13.1 Å². The molecule has 0 aromatic carbocycles. The van der Waals surface area contributed by atoms with E-state index in [0.29, 0.717) is 0 Å². The molecule has 0 spiro atoms. The van der Waals surface area contributed by atoms with Crippen molar-refractivity contribution in [3.05, 3.63) is 47.9 Å². The predicted octanol–water partition coefficient (Wildman–Crippen LogP) is 2.82. The van der Waals surface area contributed by atoms with E-state index in [0.717, 1.165) is 18.9 Å². The number of rotatable bonds is 4. The van der Waals surface area contributed by atoms with Gasteiger partial charge in [0.2, 0.25) is 0 Å². The van der Waals surface area contributed by atoms with Gasteiger partial charge >= 0.3 is 0 Å². The molecule has 0 saturated carbocycles. The van der Waals surface area contributed by atoms with Crippen LogP contribution in [0.5, 0.6) is 0 Å². The van der Waals surface area contributed by atoms with Gasteiger partial charge in [0.05, 0.1) is 11.4 Å². The highest BCUT2D eigenvalue weighted by molar-refractivity contribution is 7.13. The molecule has 5 heteroatoms. The SMILES string of the molecule is Cc1ccsc1-c1nccn1CCn1cccn1. The van der Waals surface area contributed by atoms with E-state index in [1.807, 2.05) is 29.3 Å². The van der Waals surface area contributed by atoms with E-state index in [2.05, 4.69) is 33.0 Å². The number of aromatic nitrogens is 4. The van der Waals surface area contributed by atoms with Crippen molar-refractivity contribution in [3.63, 3.8) is 0 Å². The van der Waals surface area contributed by atoms with Crippen LogP contribution in [0.3, 0.4) is 0 Å². The van der Waals surface area contributed by atoms with Crippen molar-refractivity contribution in [1.82, 2.24) is 19.3 Å². The average Bonchev–Trinajstić information content (AvgIpc) is 3.06. The van der Waals surface area contributed by atoms with Gasteiger partial charge in [-0.3, -0.25) is 4.68 Å². The van der Waals surface area contributed by atoms with E-state index >= 15 is 0 Å². The Kier molecular flexibility index (Phi) is 2.98. The topological polar surface area (TPSA) is 35.6 Å². The zero-order chi connectivity index (χ0) is 12.4. The maximum atomic E-state index is 4.46. The highest BCUT2D eigenvalue weighted by Gasteiger charge is 2.09. The number of imidazole rings is 1. The van der Waals surface area contributed by atoms with E-state index in [4.69, 9.17) is 0 Å². The van der Waals surface area contributed by atoms with Gasteiger partial charge in [0.1, 0.15) is 5.82 Å². The molecule has 18 heavy (non-hydrogen) atoms. The minimum absolute atomic E-state index is 0.862. The Labute approximate surface area is 110 Å². The van der Waals surface area contributed by atoms with Gasteiger partial charge in [-0.2, -0.15) is 5.10 Å². The molecule has 0 amide bonds. The van der Waals surface area contributed by atoms with Crippen molar-refractivity contribution in [2.45, 2.75) is 20.0 Å². The summed E-state index contributed by atoms with van der Waals surface area (Å²) in [5.41, 5.74) is 1.28. The summed E-state index contributed by atoms with van der Waals surface area (Å²) in [4.78, 5) is 5.71. The highest BCUT2D eigenvalue weighted by Crippen LogP contribution is 2.27. The number of hydrogen-bond donors (Lipinski definition) is 0. The fourth-order valence-electron chi connectivity index (χ4n) is 1.94. The minimum Gasteiger partial charge on any atom is -0.328 e. The molecule has 0 aliphatic heterocycles. The monoisotopic (exact) mass is 258 g/mol. The van der Waals surface area contributed by atoms with Gasteiger partial charge in [0.15, 0.2) is 0 Å². The van der Waals surface area contributed by atoms with Crippen molar-refractivity contribution < 1.29 is 0 Å². The average molecular weight is 258 g/mol. The molecule has 0 fully saturated rings. The Morgan fingerprint density at radius 2 is 2.17 bits per heavy atom. The van der Waals surface area contributed by atoms with Crippen LogP contribution in [0.25, 0.3) is 10.7 Å². The first kappa shape index (κ1) is 11.2. The maximum absolute atomic E-state index is 4.46. The molecule has 0 N–H and O–H groups in total. The summed E-state index contributed by atoms with van der Waals surface area (Å²) in [6.07, 6.45) is 7.67. The molecule has 0 atom stereocenters. The molecule has 4 nitrogen and oxygen atoms in total. The molecule has 0 saturated heterocycles. The second-order valence-electron chi connectivity index (χ2n) is 4.15. The minimum atomic E-state index is 0.862. The lowest BCUT2D eigenvalue weighted by atomic mass is 10.3. The van der Waals surface area contributed by atoms with Gasteiger partial charge < -0.3 is 4.57 Å². The number of nitrogens with zero attached hydrogens (tertiary/aromatic N) is 4. The van der Waals surface area contributed by atoms with Crippen LogP contribution in [0, 0.1) is 6.92 Å². The Hall–Kier alpha value is -1.88. The summed E-state index contributed by atoms with van der Waals surface area (Å²) in [6.45, 7) is 3.87. The van der Waals surface area contributed by atoms with Crippen LogP contribution >= 0.6 is 11.3 Å².